The zero-order valence-electron chi connectivity index (χ0n) is 13.0. The summed E-state index contributed by atoms with van der Waals surface area (Å²) in [4.78, 5) is 12.6. The Bertz CT molecular complexity index is 647. The lowest BCUT2D eigenvalue weighted by atomic mass is 9.90. The summed E-state index contributed by atoms with van der Waals surface area (Å²) in [5.41, 5.74) is 3.25. The molecule has 0 unspecified atom stereocenters. The molecule has 1 aromatic carbocycles. The third-order valence-electron chi connectivity index (χ3n) is 4.33. The molecule has 1 fully saturated rings. The molecule has 5 heteroatoms. The van der Waals surface area contributed by atoms with Gasteiger partial charge < -0.3 is 10.6 Å². The molecule has 1 aliphatic rings. The maximum Gasteiger partial charge on any atom is 0.229 e. The number of carbonyl (C=O) groups is 1. The van der Waals surface area contributed by atoms with Gasteiger partial charge in [-0.15, -0.1) is 0 Å². The number of aryl methyl sites for hydroxylation is 2. The number of nitrogens with one attached hydrogen (secondary N) is 2. The van der Waals surface area contributed by atoms with E-state index in [-0.39, 0.29) is 17.7 Å². The van der Waals surface area contributed by atoms with Gasteiger partial charge in [-0.2, -0.15) is 5.10 Å². The summed E-state index contributed by atoms with van der Waals surface area (Å²) in [6.07, 6.45) is 4.85. The van der Waals surface area contributed by atoms with Gasteiger partial charge in [0.05, 0.1) is 12.1 Å². The molecular formula is C17H22N4O. The predicted octanol–water partition coefficient (Wildman–Crippen LogP) is 1.92. The van der Waals surface area contributed by atoms with Crippen LogP contribution in [-0.4, -0.2) is 28.8 Å². The van der Waals surface area contributed by atoms with Gasteiger partial charge in [0.25, 0.3) is 0 Å². The van der Waals surface area contributed by atoms with Gasteiger partial charge in [-0.25, -0.2) is 0 Å². The zero-order chi connectivity index (χ0) is 15.5. The Morgan fingerprint density at radius 3 is 2.77 bits per heavy atom. The van der Waals surface area contributed by atoms with E-state index in [1.54, 1.807) is 4.68 Å². The fraction of sp³-hybridized carbons (Fsp3) is 0.412. The van der Waals surface area contributed by atoms with Gasteiger partial charge in [0.15, 0.2) is 0 Å². The first-order valence-electron chi connectivity index (χ1n) is 7.76. The number of anilines is 1. The van der Waals surface area contributed by atoms with Gasteiger partial charge in [0, 0.05) is 37.9 Å². The number of benzene rings is 1. The van der Waals surface area contributed by atoms with E-state index in [2.05, 4.69) is 34.8 Å². The highest BCUT2D eigenvalue weighted by Gasteiger charge is 2.34. The molecule has 2 heterocycles. The Kier molecular flexibility index (Phi) is 4.24. The monoisotopic (exact) mass is 298 g/mol. The fourth-order valence-electron chi connectivity index (χ4n) is 2.99. The van der Waals surface area contributed by atoms with Gasteiger partial charge >= 0.3 is 0 Å². The van der Waals surface area contributed by atoms with Crippen LogP contribution in [0.2, 0.25) is 0 Å². The van der Waals surface area contributed by atoms with Gasteiger partial charge in [-0.1, -0.05) is 19.1 Å². The number of amides is 1. The van der Waals surface area contributed by atoms with E-state index in [1.165, 1.54) is 5.56 Å². The Morgan fingerprint density at radius 2 is 2.14 bits per heavy atom. The number of nitrogens with zero attached hydrogens (tertiary/aromatic N) is 2. The molecule has 1 aliphatic heterocycles. The molecule has 0 saturated carbocycles. The fourth-order valence-corrected chi connectivity index (χ4v) is 2.99. The van der Waals surface area contributed by atoms with Crippen LogP contribution in [0.3, 0.4) is 0 Å². The van der Waals surface area contributed by atoms with Crippen LogP contribution in [0.4, 0.5) is 5.69 Å². The summed E-state index contributed by atoms with van der Waals surface area (Å²) >= 11 is 0. The van der Waals surface area contributed by atoms with Crippen LogP contribution in [-0.2, 0) is 18.3 Å². The third-order valence-corrected chi connectivity index (χ3v) is 4.33. The lowest BCUT2D eigenvalue weighted by molar-refractivity contribution is -0.119. The second-order valence-corrected chi connectivity index (χ2v) is 5.86. The number of hydrogen-bond donors (Lipinski definition) is 2. The van der Waals surface area contributed by atoms with Gasteiger partial charge in [0.2, 0.25) is 5.91 Å². The van der Waals surface area contributed by atoms with E-state index in [0.29, 0.717) is 6.54 Å². The van der Waals surface area contributed by atoms with Gasteiger partial charge in [-0.05, 0) is 29.7 Å². The molecule has 1 aromatic heterocycles. The second-order valence-electron chi connectivity index (χ2n) is 5.86. The summed E-state index contributed by atoms with van der Waals surface area (Å²) in [6.45, 7) is 3.65. The molecular weight excluding hydrogens is 276 g/mol. The molecule has 1 amide bonds. The van der Waals surface area contributed by atoms with Crippen molar-refractivity contribution in [2.24, 2.45) is 13.0 Å². The van der Waals surface area contributed by atoms with Crippen molar-refractivity contribution in [2.45, 2.75) is 19.3 Å². The second kappa shape index (κ2) is 6.32. The van der Waals surface area contributed by atoms with Crippen molar-refractivity contribution < 1.29 is 4.79 Å². The molecule has 3 rings (SSSR count). The van der Waals surface area contributed by atoms with E-state index in [0.717, 1.165) is 24.2 Å². The summed E-state index contributed by atoms with van der Waals surface area (Å²) in [7, 11) is 1.90. The van der Waals surface area contributed by atoms with E-state index in [9.17, 15) is 4.79 Å². The zero-order valence-corrected chi connectivity index (χ0v) is 13.0. The number of rotatable bonds is 4. The number of carbonyl (C=O) groups excluding carboxylic acids is 1. The van der Waals surface area contributed by atoms with E-state index >= 15 is 0 Å². The van der Waals surface area contributed by atoms with E-state index < -0.39 is 0 Å². The van der Waals surface area contributed by atoms with Crippen molar-refractivity contribution in [3.05, 3.63) is 47.8 Å². The Morgan fingerprint density at radius 1 is 1.36 bits per heavy atom. The molecule has 0 aliphatic carbocycles. The van der Waals surface area contributed by atoms with Crippen molar-refractivity contribution in [3.8, 4) is 0 Å². The average Bonchev–Trinajstić information content (AvgIpc) is 3.16. The highest BCUT2D eigenvalue weighted by atomic mass is 16.1. The Labute approximate surface area is 130 Å². The van der Waals surface area contributed by atoms with Crippen molar-refractivity contribution in [1.82, 2.24) is 15.1 Å². The van der Waals surface area contributed by atoms with Crippen molar-refractivity contribution in [3.63, 3.8) is 0 Å². The highest BCUT2D eigenvalue weighted by molar-refractivity contribution is 5.93. The maximum absolute atomic E-state index is 12.6. The molecule has 0 spiro atoms. The van der Waals surface area contributed by atoms with Crippen LogP contribution in [0, 0.1) is 5.92 Å². The van der Waals surface area contributed by atoms with Crippen molar-refractivity contribution in [2.75, 3.05) is 18.4 Å². The molecule has 5 nitrogen and oxygen atoms in total. The summed E-state index contributed by atoms with van der Waals surface area (Å²) in [6, 6.07) is 8.05. The van der Waals surface area contributed by atoms with Crippen LogP contribution in [0.1, 0.15) is 24.0 Å². The number of aromatic nitrogens is 2. The van der Waals surface area contributed by atoms with Crippen LogP contribution in [0.15, 0.2) is 36.7 Å². The normalized spacial score (nSPS) is 21.0. The van der Waals surface area contributed by atoms with Crippen LogP contribution in [0.5, 0.6) is 0 Å². The van der Waals surface area contributed by atoms with Crippen molar-refractivity contribution >= 4 is 11.6 Å². The molecule has 1 saturated heterocycles. The lowest BCUT2D eigenvalue weighted by Crippen LogP contribution is -2.28. The molecule has 2 atom stereocenters. The van der Waals surface area contributed by atoms with Crippen LogP contribution in [0.25, 0.3) is 0 Å². The minimum atomic E-state index is -0.0601. The molecule has 0 radical (unpaired) electrons. The Hall–Kier alpha value is -2.14. The summed E-state index contributed by atoms with van der Waals surface area (Å²) in [5, 5.41) is 10.6. The molecule has 0 bridgehead atoms. The number of hydrogen-bond acceptors (Lipinski definition) is 3. The summed E-state index contributed by atoms with van der Waals surface area (Å²) in [5.74, 6) is 0.196. The molecule has 2 N–H and O–H groups in total. The Balaban J connectivity index is 1.70. The SMILES string of the molecule is CCc1ccc(NC(=O)[C@H]2CNC[C@@H]2c2cnn(C)c2)cc1. The maximum atomic E-state index is 12.6. The minimum Gasteiger partial charge on any atom is -0.326 e. The van der Waals surface area contributed by atoms with Crippen molar-refractivity contribution in [1.29, 1.82) is 0 Å². The first-order valence-corrected chi connectivity index (χ1v) is 7.76. The minimum absolute atomic E-state index is 0.0601. The first-order chi connectivity index (χ1) is 10.7. The largest absolute Gasteiger partial charge is 0.326 e. The van der Waals surface area contributed by atoms with E-state index in [4.69, 9.17) is 0 Å². The predicted molar refractivity (Wildman–Crippen MR) is 86.8 cm³/mol. The van der Waals surface area contributed by atoms with Gasteiger partial charge in [-0.3, -0.25) is 9.48 Å². The lowest BCUT2D eigenvalue weighted by Gasteiger charge is -2.17. The standard InChI is InChI=1S/C17H22N4O/c1-3-12-4-6-14(7-5-12)20-17(22)16-10-18-9-15(16)13-8-19-21(2)11-13/h4-8,11,15-16,18H,3,9-10H2,1-2H3,(H,20,22)/t15-,16+/m1/s1. The summed E-state index contributed by atoms with van der Waals surface area (Å²) < 4.78 is 1.78. The molecule has 22 heavy (non-hydrogen) atoms. The quantitative estimate of drug-likeness (QED) is 0.906. The third kappa shape index (κ3) is 3.04. The molecule has 2 aromatic rings. The van der Waals surface area contributed by atoms with Crippen LogP contribution >= 0.6 is 0 Å². The van der Waals surface area contributed by atoms with Gasteiger partial charge in [0.1, 0.15) is 0 Å². The average molecular weight is 298 g/mol. The highest BCUT2D eigenvalue weighted by Crippen LogP contribution is 2.28. The first kappa shape index (κ1) is 14.8. The topological polar surface area (TPSA) is 59.0 Å². The molecule has 116 valence electrons. The van der Waals surface area contributed by atoms with E-state index in [1.807, 2.05) is 31.6 Å². The van der Waals surface area contributed by atoms with Crippen LogP contribution < -0.4 is 10.6 Å². The smallest absolute Gasteiger partial charge is 0.229 e.